The number of benzene rings is 3. The summed E-state index contributed by atoms with van der Waals surface area (Å²) < 4.78 is 0. The number of nitrogens with one attached hydrogen (secondary N) is 1. The van der Waals surface area contributed by atoms with Gasteiger partial charge in [-0.2, -0.15) is 0 Å². The minimum absolute atomic E-state index is 0.0830. The second-order valence-corrected chi connectivity index (χ2v) is 8.83. The monoisotopic (exact) mass is 412 g/mol. The molecule has 0 radical (unpaired) electrons. The number of amides is 1. The fraction of sp³-hybridized carbons (Fsp3) is 0.321. The molecule has 4 rings (SSSR count). The number of nitrogens with zero attached hydrogens (tertiary/aromatic N) is 1. The maximum Gasteiger partial charge on any atom is 0.258 e. The first-order chi connectivity index (χ1) is 15.0. The van der Waals surface area contributed by atoms with Gasteiger partial charge in [-0.25, -0.2) is 0 Å². The Morgan fingerprint density at radius 1 is 0.935 bits per heavy atom. The van der Waals surface area contributed by atoms with Gasteiger partial charge in [-0.1, -0.05) is 76.2 Å². The van der Waals surface area contributed by atoms with Crippen LogP contribution in [0.5, 0.6) is 0 Å². The summed E-state index contributed by atoms with van der Waals surface area (Å²) in [6, 6.07) is 27.1. The molecule has 3 atom stereocenters. The molecule has 0 bridgehead atoms. The molecule has 0 spiro atoms. The molecule has 0 saturated heterocycles. The molecule has 1 aliphatic rings. The van der Waals surface area contributed by atoms with Crippen LogP contribution in [-0.4, -0.2) is 11.9 Å². The highest BCUT2D eigenvalue weighted by atomic mass is 16.2. The molecule has 0 aliphatic carbocycles. The molecule has 160 valence electrons. The summed E-state index contributed by atoms with van der Waals surface area (Å²) in [5.74, 6) is 0.798. The van der Waals surface area contributed by atoms with Gasteiger partial charge >= 0.3 is 0 Å². The van der Waals surface area contributed by atoms with Gasteiger partial charge in [-0.15, -0.1) is 0 Å². The van der Waals surface area contributed by atoms with Crippen molar-refractivity contribution in [2.75, 3.05) is 10.2 Å². The van der Waals surface area contributed by atoms with E-state index in [4.69, 9.17) is 0 Å². The number of para-hydroxylation sites is 2. The number of fused-ring (bicyclic) bond motifs is 1. The third-order valence-corrected chi connectivity index (χ3v) is 6.55. The number of hydrogen-bond donors (Lipinski definition) is 1. The lowest BCUT2D eigenvalue weighted by atomic mass is 9.80. The van der Waals surface area contributed by atoms with Crippen LogP contribution >= 0.6 is 0 Å². The Balaban J connectivity index is 1.73. The van der Waals surface area contributed by atoms with Crippen molar-refractivity contribution in [3.05, 3.63) is 95.6 Å². The van der Waals surface area contributed by atoms with Crippen molar-refractivity contribution in [3.63, 3.8) is 0 Å². The SMILES string of the molecule is CC[C@@H]1[C@H](C)[C@@H](Nc2ccccc2)c2ccccc2N1C(=O)c1ccc(C(C)C)cc1. The molecule has 0 fully saturated rings. The first kappa shape index (κ1) is 21.2. The Morgan fingerprint density at radius 3 is 2.23 bits per heavy atom. The summed E-state index contributed by atoms with van der Waals surface area (Å²) in [4.78, 5) is 15.8. The second-order valence-electron chi connectivity index (χ2n) is 8.83. The average Bonchev–Trinajstić information content (AvgIpc) is 2.80. The molecule has 0 aromatic heterocycles. The van der Waals surface area contributed by atoms with Crippen molar-refractivity contribution in [1.29, 1.82) is 0 Å². The number of carbonyl (C=O) groups is 1. The van der Waals surface area contributed by atoms with E-state index in [-0.39, 0.29) is 23.9 Å². The van der Waals surface area contributed by atoms with Crippen molar-refractivity contribution in [2.45, 2.75) is 52.1 Å². The topological polar surface area (TPSA) is 32.3 Å². The first-order valence-electron chi connectivity index (χ1n) is 11.3. The zero-order valence-corrected chi connectivity index (χ0v) is 18.9. The van der Waals surface area contributed by atoms with Gasteiger partial charge in [0.15, 0.2) is 0 Å². The van der Waals surface area contributed by atoms with Gasteiger partial charge in [0.05, 0.1) is 6.04 Å². The molecule has 3 aromatic rings. The smallest absolute Gasteiger partial charge is 0.258 e. The van der Waals surface area contributed by atoms with Crippen LogP contribution in [0, 0.1) is 5.92 Å². The normalized spacial score (nSPS) is 20.4. The number of rotatable bonds is 5. The highest BCUT2D eigenvalue weighted by Crippen LogP contribution is 2.44. The van der Waals surface area contributed by atoms with Crippen molar-refractivity contribution >= 4 is 17.3 Å². The number of carbonyl (C=O) groups excluding carboxylic acids is 1. The van der Waals surface area contributed by atoms with Gasteiger partial charge in [-0.05, 0) is 53.8 Å². The lowest BCUT2D eigenvalue weighted by Gasteiger charge is -2.45. The summed E-state index contributed by atoms with van der Waals surface area (Å²) in [5.41, 5.74) is 5.30. The second kappa shape index (κ2) is 8.97. The highest BCUT2D eigenvalue weighted by molar-refractivity contribution is 6.07. The van der Waals surface area contributed by atoms with Gasteiger partial charge < -0.3 is 10.2 Å². The molecule has 3 heteroatoms. The zero-order chi connectivity index (χ0) is 22.0. The van der Waals surface area contributed by atoms with E-state index >= 15 is 0 Å². The molecule has 3 aromatic carbocycles. The van der Waals surface area contributed by atoms with Crippen molar-refractivity contribution in [3.8, 4) is 0 Å². The predicted molar refractivity (Wildman–Crippen MR) is 130 cm³/mol. The molecule has 1 N–H and O–H groups in total. The van der Waals surface area contributed by atoms with Gasteiger partial charge in [0, 0.05) is 28.9 Å². The maximum atomic E-state index is 13.7. The van der Waals surface area contributed by atoms with Crippen molar-refractivity contribution < 1.29 is 4.79 Å². The zero-order valence-electron chi connectivity index (χ0n) is 18.9. The van der Waals surface area contributed by atoms with Gasteiger partial charge in [0.2, 0.25) is 0 Å². The van der Waals surface area contributed by atoms with E-state index in [1.807, 2.05) is 29.2 Å². The lowest BCUT2D eigenvalue weighted by molar-refractivity contribution is 0.0960. The summed E-state index contributed by atoms with van der Waals surface area (Å²) >= 11 is 0. The van der Waals surface area contributed by atoms with E-state index in [0.29, 0.717) is 5.92 Å². The summed E-state index contributed by atoms with van der Waals surface area (Å²) in [5, 5.41) is 3.73. The largest absolute Gasteiger partial charge is 0.378 e. The summed E-state index contributed by atoms with van der Waals surface area (Å²) in [7, 11) is 0. The third kappa shape index (κ3) is 4.10. The van der Waals surface area contributed by atoms with E-state index in [1.165, 1.54) is 11.1 Å². The Hall–Kier alpha value is -3.07. The molecular weight excluding hydrogens is 380 g/mol. The third-order valence-electron chi connectivity index (χ3n) is 6.55. The van der Waals surface area contributed by atoms with Crippen LogP contribution in [0.25, 0.3) is 0 Å². The van der Waals surface area contributed by atoms with Crippen LogP contribution in [0.4, 0.5) is 11.4 Å². The van der Waals surface area contributed by atoms with Crippen molar-refractivity contribution in [2.24, 2.45) is 5.92 Å². The van der Waals surface area contributed by atoms with Crippen LogP contribution < -0.4 is 10.2 Å². The minimum Gasteiger partial charge on any atom is -0.378 e. The van der Waals surface area contributed by atoms with Crippen LogP contribution in [0.2, 0.25) is 0 Å². The summed E-state index contributed by atoms with van der Waals surface area (Å²) in [6.45, 7) is 8.78. The predicted octanol–water partition coefficient (Wildman–Crippen LogP) is 7.04. The van der Waals surface area contributed by atoms with Gasteiger partial charge in [0.1, 0.15) is 0 Å². The summed E-state index contributed by atoms with van der Waals surface area (Å²) in [6.07, 6.45) is 0.901. The average molecular weight is 413 g/mol. The van der Waals surface area contributed by atoms with Crippen LogP contribution in [0.1, 0.15) is 67.6 Å². The Bertz CT molecular complexity index is 1030. The van der Waals surface area contributed by atoms with Crippen LogP contribution in [0.3, 0.4) is 0 Å². The van der Waals surface area contributed by atoms with E-state index in [0.717, 1.165) is 23.4 Å². The molecule has 3 nitrogen and oxygen atoms in total. The Morgan fingerprint density at radius 2 is 1.58 bits per heavy atom. The van der Waals surface area contributed by atoms with Gasteiger partial charge in [-0.3, -0.25) is 4.79 Å². The fourth-order valence-corrected chi connectivity index (χ4v) is 4.78. The minimum atomic E-state index is 0.0830. The van der Waals surface area contributed by atoms with E-state index in [2.05, 4.69) is 87.6 Å². The number of hydrogen-bond acceptors (Lipinski definition) is 2. The highest BCUT2D eigenvalue weighted by Gasteiger charge is 2.40. The van der Waals surface area contributed by atoms with Crippen LogP contribution in [0.15, 0.2) is 78.9 Å². The maximum absolute atomic E-state index is 13.7. The molecule has 0 unspecified atom stereocenters. The van der Waals surface area contributed by atoms with Crippen molar-refractivity contribution in [1.82, 2.24) is 0 Å². The standard InChI is InChI=1S/C28H32N2O/c1-5-25-20(4)27(29-23-11-7-6-8-12-23)24-13-9-10-14-26(24)30(25)28(31)22-17-15-21(16-18-22)19(2)3/h6-20,25,27,29H,5H2,1-4H3/t20-,25+,27+/m0/s1. The quantitative estimate of drug-likeness (QED) is 0.487. The molecular formula is C28H32N2O. The van der Waals surface area contributed by atoms with Crippen LogP contribution in [-0.2, 0) is 0 Å². The molecule has 1 heterocycles. The Kier molecular flexibility index (Phi) is 6.13. The van der Waals surface area contributed by atoms with E-state index < -0.39 is 0 Å². The fourth-order valence-electron chi connectivity index (χ4n) is 4.78. The number of anilines is 2. The molecule has 1 amide bonds. The first-order valence-corrected chi connectivity index (χ1v) is 11.3. The molecule has 31 heavy (non-hydrogen) atoms. The molecule has 0 saturated carbocycles. The Labute approximate surface area is 186 Å². The van der Waals surface area contributed by atoms with E-state index in [9.17, 15) is 4.79 Å². The lowest BCUT2D eigenvalue weighted by Crippen LogP contribution is -2.50. The van der Waals surface area contributed by atoms with E-state index in [1.54, 1.807) is 0 Å². The van der Waals surface area contributed by atoms with Gasteiger partial charge in [0.25, 0.3) is 5.91 Å². The molecule has 1 aliphatic heterocycles.